The van der Waals surface area contributed by atoms with Crippen molar-refractivity contribution in [2.24, 2.45) is 0 Å². The Balaban J connectivity index is 2.02. The molecule has 0 aromatic heterocycles. The molecular formula is C14H20N2S. The van der Waals surface area contributed by atoms with Crippen LogP contribution in [-0.4, -0.2) is 11.2 Å². The minimum Gasteiger partial charge on any atom is -0.360 e. The maximum atomic E-state index is 5.33. The van der Waals surface area contributed by atoms with Gasteiger partial charge in [-0.15, -0.1) is 0 Å². The highest BCUT2D eigenvalue weighted by molar-refractivity contribution is 7.80. The third kappa shape index (κ3) is 2.97. The first-order chi connectivity index (χ1) is 8.06. The van der Waals surface area contributed by atoms with Crippen LogP contribution in [0.4, 0.5) is 5.69 Å². The lowest BCUT2D eigenvalue weighted by molar-refractivity contribution is 0.385. The van der Waals surface area contributed by atoms with Crippen LogP contribution in [0.3, 0.4) is 0 Å². The Hall–Kier alpha value is -1.09. The standard InChI is InChI=1S/C14H20N2S/c1-9-7-11(3)13(8-10(9)2)16-14(17)15-12-5-4-6-12/h7-8,12H,4-6H2,1-3H3,(H2,15,16,17). The lowest BCUT2D eigenvalue weighted by atomic mass is 9.93. The molecule has 0 radical (unpaired) electrons. The molecule has 0 heterocycles. The zero-order chi connectivity index (χ0) is 12.4. The SMILES string of the molecule is Cc1cc(C)c(NC(=S)NC2CCC2)cc1C. The fourth-order valence-electron chi connectivity index (χ4n) is 1.99. The molecule has 0 amide bonds. The number of hydrogen-bond acceptors (Lipinski definition) is 1. The summed E-state index contributed by atoms with van der Waals surface area (Å²) in [6.45, 7) is 6.38. The van der Waals surface area contributed by atoms with Gasteiger partial charge in [-0.25, -0.2) is 0 Å². The molecule has 1 aromatic rings. The second kappa shape index (κ2) is 5.05. The minimum absolute atomic E-state index is 0.585. The molecule has 1 aliphatic rings. The first kappa shape index (κ1) is 12.4. The van der Waals surface area contributed by atoms with E-state index in [0.717, 1.165) is 10.8 Å². The average Bonchev–Trinajstić information content (AvgIpc) is 2.20. The van der Waals surface area contributed by atoms with E-state index < -0.39 is 0 Å². The van der Waals surface area contributed by atoms with Crippen LogP contribution in [0.25, 0.3) is 0 Å². The van der Waals surface area contributed by atoms with Gasteiger partial charge in [0.05, 0.1) is 0 Å². The first-order valence-electron chi connectivity index (χ1n) is 6.21. The monoisotopic (exact) mass is 248 g/mol. The molecule has 2 nitrogen and oxygen atoms in total. The maximum Gasteiger partial charge on any atom is 0.171 e. The molecule has 0 aliphatic heterocycles. The van der Waals surface area contributed by atoms with Gasteiger partial charge < -0.3 is 10.6 Å². The number of anilines is 1. The lowest BCUT2D eigenvalue weighted by Gasteiger charge is -2.28. The molecule has 0 bridgehead atoms. The summed E-state index contributed by atoms with van der Waals surface area (Å²) < 4.78 is 0. The molecule has 0 spiro atoms. The van der Waals surface area contributed by atoms with E-state index in [2.05, 4.69) is 43.5 Å². The molecule has 1 aromatic carbocycles. The molecule has 3 heteroatoms. The van der Waals surface area contributed by atoms with Crippen molar-refractivity contribution in [2.45, 2.75) is 46.1 Å². The number of benzene rings is 1. The summed E-state index contributed by atoms with van der Waals surface area (Å²) >= 11 is 5.33. The second-order valence-electron chi connectivity index (χ2n) is 4.98. The van der Waals surface area contributed by atoms with Crippen LogP contribution in [-0.2, 0) is 0 Å². The van der Waals surface area contributed by atoms with Gasteiger partial charge in [-0.3, -0.25) is 0 Å². The van der Waals surface area contributed by atoms with Crippen molar-refractivity contribution in [3.05, 3.63) is 28.8 Å². The first-order valence-corrected chi connectivity index (χ1v) is 6.62. The summed E-state index contributed by atoms with van der Waals surface area (Å²) in [6.07, 6.45) is 3.81. The Labute approximate surface area is 109 Å². The summed E-state index contributed by atoms with van der Waals surface area (Å²) in [5.74, 6) is 0. The van der Waals surface area contributed by atoms with Crippen LogP contribution in [0.15, 0.2) is 12.1 Å². The quantitative estimate of drug-likeness (QED) is 0.784. The average molecular weight is 248 g/mol. The van der Waals surface area contributed by atoms with Crippen LogP contribution < -0.4 is 10.6 Å². The Morgan fingerprint density at radius 3 is 2.35 bits per heavy atom. The molecule has 2 N–H and O–H groups in total. The Morgan fingerprint density at radius 1 is 1.12 bits per heavy atom. The highest BCUT2D eigenvalue weighted by Gasteiger charge is 2.17. The molecule has 1 saturated carbocycles. The topological polar surface area (TPSA) is 24.1 Å². The number of hydrogen-bond donors (Lipinski definition) is 2. The van der Waals surface area contributed by atoms with E-state index in [1.165, 1.54) is 36.0 Å². The van der Waals surface area contributed by atoms with Crippen LogP contribution in [0, 0.1) is 20.8 Å². The van der Waals surface area contributed by atoms with Crippen molar-refractivity contribution < 1.29 is 0 Å². The van der Waals surface area contributed by atoms with Crippen molar-refractivity contribution in [3.8, 4) is 0 Å². The van der Waals surface area contributed by atoms with E-state index in [4.69, 9.17) is 12.2 Å². The predicted molar refractivity (Wildman–Crippen MR) is 77.6 cm³/mol. The van der Waals surface area contributed by atoms with E-state index >= 15 is 0 Å². The van der Waals surface area contributed by atoms with Crippen molar-refractivity contribution in [3.63, 3.8) is 0 Å². The Kier molecular flexibility index (Phi) is 3.67. The molecule has 1 fully saturated rings. The normalized spacial score (nSPS) is 15.2. The third-order valence-corrected chi connectivity index (χ3v) is 3.75. The van der Waals surface area contributed by atoms with E-state index in [0.29, 0.717) is 6.04 Å². The van der Waals surface area contributed by atoms with Gasteiger partial charge in [-0.2, -0.15) is 0 Å². The predicted octanol–water partition coefficient (Wildman–Crippen LogP) is 3.45. The Morgan fingerprint density at radius 2 is 1.76 bits per heavy atom. The van der Waals surface area contributed by atoms with E-state index in [-0.39, 0.29) is 0 Å². The van der Waals surface area contributed by atoms with Gasteiger partial charge in [0, 0.05) is 11.7 Å². The molecule has 0 unspecified atom stereocenters. The van der Waals surface area contributed by atoms with Gasteiger partial charge in [0.25, 0.3) is 0 Å². The van der Waals surface area contributed by atoms with E-state index in [1.54, 1.807) is 0 Å². The number of aryl methyl sites for hydroxylation is 3. The summed E-state index contributed by atoms with van der Waals surface area (Å²) in [5, 5.41) is 7.40. The highest BCUT2D eigenvalue weighted by Crippen LogP contribution is 2.21. The lowest BCUT2D eigenvalue weighted by Crippen LogP contribution is -2.41. The fourth-order valence-corrected chi connectivity index (χ4v) is 2.27. The summed E-state index contributed by atoms with van der Waals surface area (Å²) in [7, 11) is 0. The van der Waals surface area contributed by atoms with Gasteiger partial charge in [0.2, 0.25) is 0 Å². The van der Waals surface area contributed by atoms with E-state index in [1.807, 2.05) is 0 Å². The smallest absolute Gasteiger partial charge is 0.171 e. The van der Waals surface area contributed by atoms with Crippen molar-refractivity contribution in [1.82, 2.24) is 5.32 Å². The fraction of sp³-hybridized carbons (Fsp3) is 0.500. The highest BCUT2D eigenvalue weighted by atomic mass is 32.1. The Bertz CT molecular complexity index is 436. The van der Waals surface area contributed by atoms with Gasteiger partial charge in [0.1, 0.15) is 0 Å². The van der Waals surface area contributed by atoms with E-state index in [9.17, 15) is 0 Å². The van der Waals surface area contributed by atoms with Crippen LogP contribution in [0.1, 0.15) is 36.0 Å². The molecule has 17 heavy (non-hydrogen) atoms. The summed E-state index contributed by atoms with van der Waals surface area (Å²) in [6, 6.07) is 4.95. The summed E-state index contributed by atoms with van der Waals surface area (Å²) in [5.41, 5.74) is 4.98. The second-order valence-corrected chi connectivity index (χ2v) is 5.39. The van der Waals surface area contributed by atoms with Gasteiger partial charge in [0.15, 0.2) is 5.11 Å². The number of thiocarbonyl (C=S) groups is 1. The van der Waals surface area contributed by atoms with Crippen molar-refractivity contribution in [1.29, 1.82) is 0 Å². The molecule has 92 valence electrons. The number of rotatable bonds is 2. The summed E-state index contributed by atoms with van der Waals surface area (Å²) in [4.78, 5) is 0. The molecule has 1 aliphatic carbocycles. The molecule has 2 rings (SSSR count). The zero-order valence-electron chi connectivity index (χ0n) is 10.8. The van der Waals surface area contributed by atoms with Gasteiger partial charge >= 0.3 is 0 Å². The van der Waals surface area contributed by atoms with Crippen LogP contribution in [0.2, 0.25) is 0 Å². The van der Waals surface area contributed by atoms with Crippen LogP contribution >= 0.6 is 12.2 Å². The number of nitrogens with one attached hydrogen (secondary N) is 2. The van der Waals surface area contributed by atoms with Gasteiger partial charge in [-0.1, -0.05) is 6.07 Å². The van der Waals surface area contributed by atoms with Crippen molar-refractivity contribution >= 4 is 23.0 Å². The van der Waals surface area contributed by atoms with Crippen LogP contribution in [0.5, 0.6) is 0 Å². The largest absolute Gasteiger partial charge is 0.360 e. The maximum absolute atomic E-state index is 5.33. The zero-order valence-corrected chi connectivity index (χ0v) is 11.6. The van der Waals surface area contributed by atoms with Gasteiger partial charge in [-0.05, 0) is 75.0 Å². The minimum atomic E-state index is 0.585. The molecule has 0 saturated heterocycles. The van der Waals surface area contributed by atoms with Crippen molar-refractivity contribution in [2.75, 3.05) is 5.32 Å². The molecule has 0 atom stereocenters. The third-order valence-electron chi connectivity index (χ3n) is 3.53. The molecular weight excluding hydrogens is 228 g/mol.